The van der Waals surface area contributed by atoms with Crippen LogP contribution in [0, 0.1) is 0 Å². The van der Waals surface area contributed by atoms with E-state index in [4.69, 9.17) is 0 Å². The van der Waals surface area contributed by atoms with Gasteiger partial charge in [-0.05, 0) is 18.2 Å². The predicted molar refractivity (Wildman–Crippen MR) is 78.3 cm³/mol. The minimum absolute atomic E-state index is 0.104. The van der Waals surface area contributed by atoms with Crippen molar-refractivity contribution in [2.45, 2.75) is 0 Å². The minimum atomic E-state index is -0.104. The van der Waals surface area contributed by atoms with Crippen LogP contribution in [-0.2, 0) is 0 Å². The average Bonchev–Trinajstić information content (AvgIpc) is 2.86. The monoisotopic (exact) mass is 261 g/mol. The molecule has 4 rings (SSSR count). The molecule has 2 heterocycles. The van der Waals surface area contributed by atoms with Crippen LogP contribution < -0.4 is 5.56 Å². The Balaban J connectivity index is 2.10. The van der Waals surface area contributed by atoms with Crippen molar-refractivity contribution in [1.82, 2.24) is 14.8 Å². The molecule has 0 spiro atoms. The third kappa shape index (κ3) is 1.48. The number of nitrogens with one attached hydrogen (secondary N) is 1. The van der Waals surface area contributed by atoms with Crippen LogP contribution >= 0.6 is 0 Å². The van der Waals surface area contributed by atoms with E-state index in [9.17, 15) is 4.79 Å². The Morgan fingerprint density at radius 2 is 1.70 bits per heavy atom. The number of aromatic nitrogens is 3. The molecular formula is C16H11N3O. The molecule has 0 bridgehead atoms. The first kappa shape index (κ1) is 11.0. The lowest BCUT2D eigenvalue weighted by Gasteiger charge is -2.01. The molecule has 0 fully saturated rings. The number of hydrogen-bond donors (Lipinski definition) is 1. The van der Waals surface area contributed by atoms with Crippen molar-refractivity contribution in [2.75, 3.05) is 0 Å². The van der Waals surface area contributed by atoms with Crippen molar-refractivity contribution < 1.29 is 0 Å². The number of rotatable bonds is 1. The molecule has 0 saturated carbocycles. The lowest BCUT2D eigenvalue weighted by molar-refractivity contribution is 0.859. The molecule has 1 N–H and O–H groups in total. The summed E-state index contributed by atoms with van der Waals surface area (Å²) in [4.78, 5) is 15.6. The SMILES string of the molecule is O=c1c2c[nH]c3ccccc3c-2nn1-c1ccccc1. The first-order chi connectivity index (χ1) is 9.84. The summed E-state index contributed by atoms with van der Waals surface area (Å²) in [6.45, 7) is 0. The van der Waals surface area contributed by atoms with Gasteiger partial charge in [-0.3, -0.25) is 4.79 Å². The molecule has 0 radical (unpaired) electrons. The van der Waals surface area contributed by atoms with Crippen LogP contribution in [0.25, 0.3) is 27.8 Å². The number of H-pyrrole nitrogens is 1. The largest absolute Gasteiger partial charge is 0.360 e. The Labute approximate surface area is 114 Å². The van der Waals surface area contributed by atoms with Gasteiger partial charge in [0.1, 0.15) is 5.69 Å². The highest BCUT2D eigenvalue weighted by atomic mass is 16.1. The van der Waals surface area contributed by atoms with Crippen LogP contribution in [-0.4, -0.2) is 14.8 Å². The molecule has 2 aliphatic heterocycles. The summed E-state index contributed by atoms with van der Waals surface area (Å²) in [5, 5.41) is 5.45. The highest BCUT2D eigenvalue weighted by molar-refractivity contribution is 5.93. The predicted octanol–water partition coefficient (Wildman–Crippen LogP) is 2.82. The summed E-state index contributed by atoms with van der Waals surface area (Å²) in [5.41, 5.74) is 2.98. The average molecular weight is 261 g/mol. The fraction of sp³-hybridized carbons (Fsp3) is 0. The molecule has 0 unspecified atom stereocenters. The van der Waals surface area contributed by atoms with E-state index in [0.29, 0.717) is 5.56 Å². The molecule has 4 nitrogen and oxygen atoms in total. The van der Waals surface area contributed by atoms with Gasteiger partial charge in [0.25, 0.3) is 5.56 Å². The highest BCUT2D eigenvalue weighted by Crippen LogP contribution is 2.25. The quantitative estimate of drug-likeness (QED) is 0.573. The normalized spacial score (nSPS) is 11.2. The van der Waals surface area contributed by atoms with Gasteiger partial charge in [0.15, 0.2) is 0 Å². The van der Waals surface area contributed by atoms with Gasteiger partial charge in [0, 0.05) is 17.1 Å². The first-order valence-electron chi connectivity index (χ1n) is 6.39. The van der Waals surface area contributed by atoms with Crippen molar-refractivity contribution in [3.05, 3.63) is 71.1 Å². The van der Waals surface area contributed by atoms with E-state index in [-0.39, 0.29) is 5.56 Å². The molecule has 0 atom stereocenters. The Kier molecular flexibility index (Phi) is 2.23. The van der Waals surface area contributed by atoms with E-state index in [2.05, 4.69) is 10.1 Å². The van der Waals surface area contributed by atoms with Crippen LogP contribution in [0.3, 0.4) is 0 Å². The van der Waals surface area contributed by atoms with E-state index in [1.807, 2.05) is 54.6 Å². The maximum absolute atomic E-state index is 12.5. The van der Waals surface area contributed by atoms with Crippen LogP contribution in [0.1, 0.15) is 0 Å². The maximum atomic E-state index is 12.5. The van der Waals surface area contributed by atoms with Crippen LogP contribution in [0.2, 0.25) is 0 Å². The van der Waals surface area contributed by atoms with Crippen molar-refractivity contribution in [3.8, 4) is 16.9 Å². The zero-order valence-electron chi connectivity index (χ0n) is 10.6. The molecule has 96 valence electrons. The fourth-order valence-electron chi connectivity index (χ4n) is 2.45. The highest BCUT2D eigenvalue weighted by Gasteiger charge is 2.18. The van der Waals surface area contributed by atoms with Crippen LogP contribution in [0.4, 0.5) is 0 Å². The van der Waals surface area contributed by atoms with E-state index in [1.165, 1.54) is 4.68 Å². The number of para-hydroxylation sites is 2. The standard InChI is InChI=1S/C16H11N3O/c20-16-13-10-17-14-9-5-4-8-12(14)15(13)18-19(16)11-6-2-1-3-7-11/h1-10,17H. The molecule has 2 aromatic rings. The first-order valence-corrected chi connectivity index (χ1v) is 6.39. The van der Waals surface area contributed by atoms with Crippen molar-refractivity contribution in [3.63, 3.8) is 0 Å². The molecule has 0 aliphatic carbocycles. The number of pyridine rings is 1. The van der Waals surface area contributed by atoms with Gasteiger partial charge in [-0.1, -0.05) is 36.4 Å². The van der Waals surface area contributed by atoms with Gasteiger partial charge in [-0.2, -0.15) is 9.78 Å². The second kappa shape index (κ2) is 4.06. The van der Waals surface area contributed by atoms with E-state index in [0.717, 1.165) is 22.3 Å². The summed E-state index contributed by atoms with van der Waals surface area (Å²) in [7, 11) is 0. The van der Waals surface area contributed by atoms with E-state index in [1.54, 1.807) is 6.20 Å². The van der Waals surface area contributed by atoms with Crippen LogP contribution in [0.15, 0.2) is 65.6 Å². The van der Waals surface area contributed by atoms with E-state index >= 15 is 0 Å². The Morgan fingerprint density at radius 3 is 2.55 bits per heavy atom. The summed E-state index contributed by atoms with van der Waals surface area (Å²) in [6.07, 6.45) is 1.73. The number of hydrogen-bond acceptors (Lipinski definition) is 2. The van der Waals surface area contributed by atoms with Gasteiger partial charge in [-0.15, -0.1) is 0 Å². The third-order valence-electron chi connectivity index (χ3n) is 3.43. The van der Waals surface area contributed by atoms with Crippen molar-refractivity contribution in [1.29, 1.82) is 0 Å². The summed E-state index contributed by atoms with van der Waals surface area (Å²) in [6, 6.07) is 17.3. The zero-order valence-corrected chi connectivity index (χ0v) is 10.6. The summed E-state index contributed by atoms with van der Waals surface area (Å²) >= 11 is 0. The summed E-state index contributed by atoms with van der Waals surface area (Å²) in [5.74, 6) is 0. The molecule has 0 saturated heterocycles. The minimum Gasteiger partial charge on any atom is -0.360 e. The molecule has 0 aromatic heterocycles. The second-order valence-electron chi connectivity index (χ2n) is 4.65. The second-order valence-corrected chi connectivity index (χ2v) is 4.65. The number of nitrogens with zero attached hydrogens (tertiary/aromatic N) is 2. The lowest BCUT2D eigenvalue weighted by Crippen LogP contribution is -2.14. The third-order valence-corrected chi connectivity index (χ3v) is 3.43. The summed E-state index contributed by atoms with van der Waals surface area (Å²) < 4.78 is 1.45. The Bertz CT molecular complexity index is 921. The van der Waals surface area contributed by atoms with Crippen molar-refractivity contribution >= 4 is 10.9 Å². The van der Waals surface area contributed by atoms with E-state index < -0.39 is 0 Å². The molecule has 2 aromatic carbocycles. The number of benzene rings is 2. The smallest absolute Gasteiger partial charge is 0.282 e. The Morgan fingerprint density at radius 1 is 0.950 bits per heavy atom. The molecular weight excluding hydrogens is 250 g/mol. The van der Waals surface area contributed by atoms with Gasteiger partial charge >= 0.3 is 0 Å². The Hall–Kier alpha value is -2.88. The number of fused-ring (bicyclic) bond motifs is 3. The molecule has 2 aliphatic rings. The molecule has 0 amide bonds. The van der Waals surface area contributed by atoms with Gasteiger partial charge < -0.3 is 4.98 Å². The maximum Gasteiger partial charge on any atom is 0.282 e. The van der Waals surface area contributed by atoms with Gasteiger partial charge in [0.05, 0.1) is 11.3 Å². The zero-order chi connectivity index (χ0) is 13.5. The lowest BCUT2D eigenvalue weighted by atomic mass is 10.1. The fourth-order valence-corrected chi connectivity index (χ4v) is 2.45. The molecule has 20 heavy (non-hydrogen) atoms. The van der Waals surface area contributed by atoms with Crippen molar-refractivity contribution in [2.24, 2.45) is 0 Å². The van der Waals surface area contributed by atoms with Crippen LogP contribution in [0.5, 0.6) is 0 Å². The number of aromatic amines is 1. The molecule has 4 heteroatoms. The topological polar surface area (TPSA) is 50.7 Å². The van der Waals surface area contributed by atoms with Gasteiger partial charge in [-0.25, -0.2) is 0 Å². The van der Waals surface area contributed by atoms with Gasteiger partial charge in [0.2, 0.25) is 0 Å².